The van der Waals surface area contributed by atoms with E-state index in [2.05, 4.69) is 21.5 Å². The fourth-order valence-electron chi connectivity index (χ4n) is 2.22. The van der Waals surface area contributed by atoms with E-state index in [4.69, 9.17) is 5.73 Å². The second-order valence-corrected chi connectivity index (χ2v) is 4.30. The molecule has 0 bridgehead atoms. The van der Waals surface area contributed by atoms with Gasteiger partial charge in [-0.05, 0) is 12.8 Å². The Balaban J connectivity index is 2.21. The average molecular weight is 218 g/mol. The molecule has 0 spiro atoms. The van der Waals surface area contributed by atoms with Crippen molar-refractivity contribution in [2.24, 2.45) is 0 Å². The molecule has 0 saturated heterocycles. The lowest BCUT2D eigenvalue weighted by atomic mass is 9.89. The van der Waals surface area contributed by atoms with Crippen LogP contribution in [0.15, 0.2) is 12.7 Å². The van der Waals surface area contributed by atoms with Crippen LogP contribution in [-0.2, 0) is 6.42 Å². The lowest BCUT2D eigenvalue weighted by Gasteiger charge is -2.20. The summed E-state index contributed by atoms with van der Waals surface area (Å²) in [5.74, 6) is 2.43. The van der Waals surface area contributed by atoms with Crippen LogP contribution < -0.4 is 5.73 Å². The molecule has 2 N–H and O–H groups in total. The van der Waals surface area contributed by atoms with Crippen LogP contribution in [0.5, 0.6) is 0 Å². The van der Waals surface area contributed by atoms with Gasteiger partial charge in [0.1, 0.15) is 11.6 Å². The minimum absolute atomic E-state index is 0.340. The molecule has 4 heteroatoms. The highest BCUT2D eigenvalue weighted by Crippen LogP contribution is 2.30. The van der Waals surface area contributed by atoms with Gasteiger partial charge in [0, 0.05) is 12.3 Å². The highest BCUT2D eigenvalue weighted by molar-refractivity contribution is 5.18. The van der Waals surface area contributed by atoms with Crippen molar-refractivity contribution in [2.75, 3.05) is 5.73 Å². The van der Waals surface area contributed by atoms with Gasteiger partial charge < -0.3 is 5.73 Å². The topological polar surface area (TPSA) is 64.7 Å². The van der Waals surface area contributed by atoms with Gasteiger partial charge in [-0.25, -0.2) is 4.98 Å². The highest BCUT2D eigenvalue weighted by atomic mass is 15.1. The Morgan fingerprint density at radius 1 is 1.19 bits per heavy atom. The molecular weight excluding hydrogens is 200 g/mol. The Bertz CT molecular complexity index is 369. The maximum Gasteiger partial charge on any atom is 0.223 e. The van der Waals surface area contributed by atoms with Gasteiger partial charge in [0.15, 0.2) is 0 Å². The van der Waals surface area contributed by atoms with Crippen LogP contribution in [-0.4, -0.2) is 15.0 Å². The Labute approximate surface area is 96.0 Å². The summed E-state index contributed by atoms with van der Waals surface area (Å²) in [4.78, 5) is 12.8. The zero-order valence-corrected chi connectivity index (χ0v) is 9.52. The van der Waals surface area contributed by atoms with Crippen molar-refractivity contribution in [3.63, 3.8) is 0 Å². The maximum absolute atomic E-state index is 5.70. The van der Waals surface area contributed by atoms with Gasteiger partial charge in [-0.3, -0.25) is 0 Å². The molecule has 2 rings (SSSR count). The number of hydrogen-bond acceptors (Lipinski definition) is 4. The second kappa shape index (κ2) is 5.05. The maximum atomic E-state index is 5.70. The van der Waals surface area contributed by atoms with Crippen molar-refractivity contribution in [2.45, 2.75) is 44.4 Å². The molecule has 0 unspecified atom stereocenters. The third kappa shape index (κ3) is 2.56. The summed E-state index contributed by atoms with van der Waals surface area (Å²) in [7, 11) is 0. The van der Waals surface area contributed by atoms with E-state index in [9.17, 15) is 0 Å². The van der Waals surface area contributed by atoms with E-state index in [0.29, 0.717) is 18.3 Å². The lowest BCUT2D eigenvalue weighted by molar-refractivity contribution is 0.427. The monoisotopic (exact) mass is 218 g/mol. The van der Waals surface area contributed by atoms with Crippen molar-refractivity contribution < 1.29 is 0 Å². The van der Waals surface area contributed by atoms with Gasteiger partial charge in [-0.15, -0.1) is 6.58 Å². The van der Waals surface area contributed by atoms with Crippen LogP contribution in [0.3, 0.4) is 0 Å². The largest absolute Gasteiger partial charge is 0.368 e. The van der Waals surface area contributed by atoms with Crippen LogP contribution >= 0.6 is 0 Å². The lowest BCUT2D eigenvalue weighted by Crippen LogP contribution is -2.13. The summed E-state index contributed by atoms with van der Waals surface area (Å²) in [6, 6.07) is 0. The molecule has 1 fully saturated rings. The third-order valence-corrected chi connectivity index (χ3v) is 3.01. The Hall–Kier alpha value is -1.45. The molecule has 0 amide bonds. The minimum Gasteiger partial charge on any atom is -0.368 e. The van der Waals surface area contributed by atoms with Gasteiger partial charge in [0.2, 0.25) is 5.95 Å². The first-order chi connectivity index (χ1) is 7.79. The molecular formula is C12H18N4. The first-order valence-electron chi connectivity index (χ1n) is 5.91. The van der Waals surface area contributed by atoms with E-state index >= 15 is 0 Å². The number of rotatable bonds is 3. The van der Waals surface area contributed by atoms with Gasteiger partial charge >= 0.3 is 0 Å². The van der Waals surface area contributed by atoms with E-state index in [1.807, 2.05) is 0 Å². The van der Waals surface area contributed by atoms with Crippen molar-refractivity contribution in [3.8, 4) is 0 Å². The van der Waals surface area contributed by atoms with E-state index in [1.54, 1.807) is 6.08 Å². The fourth-order valence-corrected chi connectivity index (χ4v) is 2.22. The first-order valence-corrected chi connectivity index (χ1v) is 5.91. The van der Waals surface area contributed by atoms with E-state index < -0.39 is 0 Å². The smallest absolute Gasteiger partial charge is 0.223 e. The van der Waals surface area contributed by atoms with Crippen molar-refractivity contribution in [3.05, 3.63) is 24.3 Å². The molecule has 1 aromatic rings. The van der Waals surface area contributed by atoms with Crippen LogP contribution in [0.4, 0.5) is 5.95 Å². The zero-order valence-electron chi connectivity index (χ0n) is 9.52. The number of nitrogen functional groups attached to an aromatic ring is 1. The molecule has 0 atom stereocenters. The Morgan fingerprint density at radius 2 is 1.94 bits per heavy atom. The van der Waals surface area contributed by atoms with E-state index in [1.165, 1.54) is 32.1 Å². The molecule has 1 aliphatic carbocycles. The molecule has 4 nitrogen and oxygen atoms in total. The van der Waals surface area contributed by atoms with Gasteiger partial charge in [0.05, 0.1) is 0 Å². The molecule has 16 heavy (non-hydrogen) atoms. The second-order valence-electron chi connectivity index (χ2n) is 4.30. The fraction of sp³-hybridized carbons (Fsp3) is 0.583. The quantitative estimate of drug-likeness (QED) is 0.790. The SMILES string of the molecule is C=CCc1nc(N)nc(C2CCCCC2)n1. The third-order valence-electron chi connectivity index (χ3n) is 3.01. The van der Waals surface area contributed by atoms with Crippen LogP contribution in [0.25, 0.3) is 0 Å². The highest BCUT2D eigenvalue weighted by Gasteiger charge is 2.19. The van der Waals surface area contributed by atoms with Crippen molar-refractivity contribution >= 4 is 5.95 Å². The molecule has 0 aliphatic heterocycles. The molecule has 0 radical (unpaired) electrons. The van der Waals surface area contributed by atoms with Crippen molar-refractivity contribution in [1.29, 1.82) is 0 Å². The molecule has 86 valence electrons. The van der Waals surface area contributed by atoms with Crippen molar-refractivity contribution in [1.82, 2.24) is 15.0 Å². The van der Waals surface area contributed by atoms with E-state index in [0.717, 1.165) is 11.6 Å². The normalized spacial score (nSPS) is 17.2. The Morgan fingerprint density at radius 3 is 2.62 bits per heavy atom. The standard InChI is InChI=1S/C12H18N4/c1-2-6-10-14-11(16-12(13)15-10)9-7-4-3-5-8-9/h2,9H,1,3-8H2,(H2,13,14,15,16). The van der Waals surface area contributed by atoms with Gasteiger partial charge in [-0.2, -0.15) is 9.97 Å². The van der Waals surface area contributed by atoms with Crippen LogP contribution in [0.2, 0.25) is 0 Å². The first kappa shape index (κ1) is 11.0. The Kier molecular flexibility index (Phi) is 3.49. The average Bonchev–Trinajstić information content (AvgIpc) is 2.30. The summed E-state index contributed by atoms with van der Waals surface area (Å²) in [5, 5.41) is 0. The summed E-state index contributed by atoms with van der Waals surface area (Å²) in [6.45, 7) is 3.69. The van der Waals surface area contributed by atoms with Crippen LogP contribution in [0, 0.1) is 0 Å². The summed E-state index contributed by atoms with van der Waals surface area (Å²) < 4.78 is 0. The molecule has 1 aromatic heterocycles. The predicted octanol–water partition coefficient (Wildman–Crippen LogP) is 2.23. The summed E-state index contributed by atoms with van der Waals surface area (Å²) in [6.07, 6.45) is 8.68. The van der Waals surface area contributed by atoms with Gasteiger partial charge in [0.25, 0.3) is 0 Å². The molecule has 1 aliphatic rings. The molecule has 0 aromatic carbocycles. The zero-order chi connectivity index (χ0) is 11.4. The minimum atomic E-state index is 0.340. The number of aromatic nitrogens is 3. The number of nitrogens with zero attached hydrogens (tertiary/aromatic N) is 3. The summed E-state index contributed by atoms with van der Waals surface area (Å²) >= 11 is 0. The summed E-state index contributed by atoms with van der Waals surface area (Å²) in [5.41, 5.74) is 5.70. The van der Waals surface area contributed by atoms with Crippen LogP contribution in [0.1, 0.15) is 49.7 Å². The molecule has 1 heterocycles. The number of nitrogens with two attached hydrogens (primary N) is 1. The molecule has 1 saturated carbocycles. The number of hydrogen-bond donors (Lipinski definition) is 1. The number of anilines is 1. The number of allylic oxidation sites excluding steroid dienone is 1. The van der Waals surface area contributed by atoms with E-state index in [-0.39, 0.29) is 0 Å². The predicted molar refractivity (Wildman–Crippen MR) is 64.0 cm³/mol. The van der Waals surface area contributed by atoms with Gasteiger partial charge in [-0.1, -0.05) is 25.3 Å².